The van der Waals surface area contributed by atoms with Crippen LogP contribution >= 0.6 is 0 Å². The topological polar surface area (TPSA) is 55.4 Å². The summed E-state index contributed by atoms with van der Waals surface area (Å²) in [5.41, 5.74) is 1.30. The molecule has 1 amide bonds. The minimum atomic E-state index is -0.243. The highest BCUT2D eigenvalue weighted by atomic mass is 16.5. The van der Waals surface area contributed by atoms with Gasteiger partial charge in [0, 0.05) is 12.1 Å². The maximum absolute atomic E-state index is 12.7. The molecule has 1 aliphatic rings. The Bertz CT molecular complexity index is 643. The van der Waals surface area contributed by atoms with Gasteiger partial charge in [0.15, 0.2) is 0 Å². The van der Waals surface area contributed by atoms with Crippen LogP contribution in [0.15, 0.2) is 24.3 Å². The van der Waals surface area contributed by atoms with Crippen molar-refractivity contribution in [2.24, 2.45) is 0 Å². The zero-order valence-electron chi connectivity index (χ0n) is 21.0. The lowest BCUT2D eigenvalue weighted by Crippen LogP contribution is -2.19. The Morgan fingerprint density at radius 2 is 1.27 bits per heavy atom. The second-order valence-corrected chi connectivity index (χ2v) is 9.78. The fourth-order valence-electron chi connectivity index (χ4n) is 4.62. The molecule has 1 aliphatic carbocycles. The highest BCUT2D eigenvalue weighted by Gasteiger charge is 2.16. The van der Waals surface area contributed by atoms with Crippen molar-refractivity contribution >= 4 is 17.6 Å². The van der Waals surface area contributed by atoms with Gasteiger partial charge in [-0.05, 0) is 56.4 Å². The summed E-state index contributed by atoms with van der Waals surface area (Å²) < 4.78 is 5.88. The number of hydrogen-bond donors (Lipinski definition) is 1. The van der Waals surface area contributed by atoms with Crippen LogP contribution in [-0.4, -0.2) is 18.0 Å². The molecule has 0 aromatic heterocycles. The van der Waals surface area contributed by atoms with E-state index in [1.807, 2.05) is 0 Å². The molecular formula is C29H47NO3. The summed E-state index contributed by atoms with van der Waals surface area (Å²) in [5.74, 6) is -0.194. The van der Waals surface area contributed by atoms with E-state index in [1.165, 1.54) is 77.0 Å². The first kappa shape index (κ1) is 27.4. The third kappa shape index (κ3) is 12.8. The SMILES string of the molecule is CCCCCCCCCC(=O)Nc1ccc(C(=O)OC2CCCCCCCCCCC2)cc1. The van der Waals surface area contributed by atoms with Crippen molar-refractivity contribution in [3.05, 3.63) is 29.8 Å². The van der Waals surface area contributed by atoms with Gasteiger partial charge in [0.05, 0.1) is 5.56 Å². The fraction of sp³-hybridized carbons (Fsp3) is 0.724. The van der Waals surface area contributed by atoms with Gasteiger partial charge in [0.1, 0.15) is 6.10 Å². The van der Waals surface area contributed by atoms with Crippen LogP contribution in [0.2, 0.25) is 0 Å². The zero-order chi connectivity index (χ0) is 23.6. The van der Waals surface area contributed by atoms with Gasteiger partial charge < -0.3 is 10.1 Å². The second-order valence-electron chi connectivity index (χ2n) is 9.78. The first-order valence-corrected chi connectivity index (χ1v) is 13.8. The summed E-state index contributed by atoms with van der Waals surface area (Å²) in [5, 5.41) is 2.95. The summed E-state index contributed by atoms with van der Waals surface area (Å²) in [6, 6.07) is 7.14. The molecule has 0 aliphatic heterocycles. The van der Waals surface area contributed by atoms with Gasteiger partial charge in [-0.25, -0.2) is 4.79 Å². The number of esters is 1. The monoisotopic (exact) mass is 457 g/mol. The maximum Gasteiger partial charge on any atom is 0.338 e. The Labute approximate surface area is 202 Å². The fourth-order valence-corrected chi connectivity index (χ4v) is 4.62. The molecule has 186 valence electrons. The number of carbonyl (C=O) groups is 2. The highest BCUT2D eigenvalue weighted by molar-refractivity contribution is 5.93. The quantitative estimate of drug-likeness (QED) is 0.267. The van der Waals surface area contributed by atoms with E-state index in [0.717, 1.165) is 44.2 Å². The number of benzene rings is 1. The minimum absolute atomic E-state index is 0.0262. The molecule has 1 fully saturated rings. The number of hydrogen-bond acceptors (Lipinski definition) is 3. The summed E-state index contributed by atoms with van der Waals surface area (Å²) in [7, 11) is 0. The Kier molecular flexibility index (Phi) is 14.6. The lowest BCUT2D eigenvalue weighted by Gasteiger charge is -2.19. The average molecular weight is 458 g/mol. The van der Waals surface area contributed by atoms with E-state index in [-0.39, 0.29) is 18.0 Å². The number of amides is 1. The zero-order valence-corrected chi connectivity index (χ0v) is 21.0. The molecule has 0 spiro atoms. The predicted molar refractivity (Wildman–Crippen MR) is 138 cm³/mol. The Balaban J connectivity index is 1.71. The summed E-state index contributed by atoms with van der Waals surface area (Å²) in [6.07, 6.45) is 22.3. The van der Waals surface area contributed by atoms with Crippen molar-refractivity contribution in [2.45, 2.75) is 135 Å². The second kappa shape index (κ2) is 17.6. The molecule has 0 saturated heterocycles. The van der Waals surface area contributed by atoms with Crippen molar-refractivity contribution in [2.75, 3.05) is 5.32 Å². The average Bonchev–Trinajstić information content (AvgIpc) is 2.80. The van der Waals surface area contributed by atoms with E-state index in [1.54, 1.807) is 24.3 Å². The first-order chi connectivity index (χ1) is 16.2. The minimum Gasteiger partial charge on any atom is -0.459 e. The normalized spacial score (nSPS) is 16.4. The largest absolute Gasteiger partial charge is 0.459 e. The van der Waals surface area contributed by atoms with E-state index in [4.69, 9.17) is 4.74 Å². The number of rotatable bonds is 11. The van der Waals surface area contributed by atoms with E-state index < -0.39 is 0 Å². The van der Waals surface area contributed by atoms with Crippen LogP contribution in [0.1, 0.15) is 139 Å². The van der Waals surface area contributed by atoms with Crippen molar-refractivity contribution in [1.82, 2.24) is 0 Å². The summed E-state index contributed by atoms with van der Waals surface area (Å²) in [4.78, 5) is 24.9. The molecule has 4 nitrogen and oxygen atoms in total. The van der Waals surface area contributed by atoms with Crippen LogP contribution in [0.4, 0.5) is 5.69 Å². The predicted octanol–water partition coefficient (Wildman–Crippen LogP) is 8.60. The van der Waals surface area contributed by atoms with Crippen molar-refractivity contribution in [3.63, 3.8) is 0 Å². The van der Waals surface area contributed by atoms with Crippen molar-refractivity contribution in [1.29, 1.82) is 0 Å². The smallest absolute Gasteiger partial charge is 0.338 e. The van der Waals surface area contributed by atoms with Gasteiger partial charge in [0.25, 0.3) is 0 Å². The van der Waals surface area contributed by atoms with Crippen LogP contribution in [0.25, 0.3) is 0 Å². The Morgan fingerprint density at radius 3 is 1.85 bits per heavy atom. The molecule has 33 heavy (non-hydrogen) atoms. The molecule has 0 radical (unpaired) electrons. The van der Waals surface area contributed by atoms with Gasteiger partial charge >= 0.3 is 5.97 Å². The van der Waals surface area contributed by atoms with Crippen molar-refractivity contribution in [3.8, 4) is 0 Å². The lowest BCUT2D eigenvalue weighted by atomic mass is 9.99. The number of unbranched alkanes of at least 4 members (excludes halogenated alkanes) is 6. The lowest BCUT2D eigenvalue weighted by molar-refractivity contribution is -0.116. The third-order valence-corrected chi connectivity index (χ3v) is 6.74. The van der Waals surface area contributed by atoms with Gasteiger partial charge in [-0.1, -0.05) is 90.4 Å². The van der Waals surface area contributed by atoms with Crippen LogP contribution in [0.3, 0.4) is 0 Å². The molecule has 1 saturated carbocycles. The van der Waals surface area contributed by atoms with E-state index >= 15 is 0 Å². The van der Waals surface area contributed by atoms with E-state index in [9.17, 15) is 9.59 Å². The van der Waals surface area contributed by atoms with Crippen LogP contribution in [0, 0.1) is 0 Å². The highest BCUT2D eigenvalue weighted by Crippen LogP contribution is 2.20. The van der Waals surface area contributed by atoms with E-state index in [0.29, 0.717) is 12.0 Å². The number of ether oxygens (including phenoxy) is 1. The molecule has 2 rings (SSSR count). The van der Waals surface area contributed by atoms with Gasteiger partial charge in [-0.3, -0.25) is 4.79 Å². The molecule has 0 unspecified atom stereocenters. The molecule has 1 N–H and O–H groups in total. The number of carbonyl (C=O) groups excluding carboxylic acids is 2. The van der Waals surface area contributed by atoms with Crippen LogP contribution < -0.4 is 5.32 Å². The van der Waals surface area contributed by atoms with Gasteiger partial charge in [-0.15, -0.1) is 0 Å². The first-order valence-electron chi connectivity index (χ1n) is 13.8. The Hall–Kier alpha value is -1.84. The molecular weight excluding hydrogens is 410 g/mol. The standard InChI is InChI=1S/C29H47NO3/c1-2-3-4-5-9-14-17-20-28(31)30-26-23-21-25(22-24-26)29(32)33-27-18-15-12-10-7-6-8-11-13-16-19-27/h21-24,27H,2-20H2,1H3,(H,30,31). The molecule has 4 heteroatoms. The number of anilines is 1. The summed E-state index contributed by atoms with van der Waals surface area (Å²) >= 11 is 0. The number of nitrogens with one attached hydrogen (secondary N) is 1. The summed E-state index contributed by atoms with van der Waals surface area (Å²) in [6.45, 7) is 2.22. The van der Waals surface area contributed by atoms with E-state index in [2.05, 4.69) is 12.2 Å². The molecule has 0 bridgehead atoms. The maximum atomic E-state index is 12.7. The van der Waals surface area contributed by atoms with Crippen LogP contribution in [-0.2, 0) is 9.53 Å². The third-order valence-electron chi connectivity index (χ3n) is 6.74. The van der Waals surface area contributed by atoms with Gasteiger partial charge in [0.2, 0.25) is 5.91 Å². The van der Waals surface area contributed by atoms with Gasteiger partial charge in [-0.2, -0.15) is 0 Å². The van der Waals surface area contributed by atoms with Crippen molar-refractivity contribution < 1.29 is 14.3 Å². The molecule has 0 heterocycles. The molecule has 0 atom stereocenters. The molecule has 1 aromatic rings. The molecule has 1 aromatic carbocycles. The van der Waals surface area contributed by atoms with Crippen LogP contribution in [0.5, 0.6) is 0 Å². The Morgan fingerprint density at radius 1 is 0.758 bits per heavy atom.